The summed E-state index contributed by atoms with van der Waals surface area (Å²) in [4.78, 5) is 7.63. The van der Waals surface area contributed by atoms with Crippen LogP contribution in [0, 0.1) is 3.57 Å². The van der Waals surface area contributed by atoms with E-state index in [1.54, 1.807) is 46.9 Å². The summed E-state index contributed by atoms with van der Waals surface area (Å²) in [6.07, 6.45) is -1.91. The average Bonchev–Trinajstić information content (AvgIpc) is 2.62. The molecule has 26 heavy (non-hydrogen) atoms. The molecule has 3 rings (SSSR count). The van der Waals surface area contributed by atoms with Crippen molar-refractivity contribution in [2.75, 3.05) is 0 Å². The van der Waals surface area contributed by atoms with Crippen LogP contribution in [0.4, 0.5) is 13.2 Å². The first kappa shape index (κ1) is 18.4. The first-order valence-electron chi connectivity index (χ1n) is 7.45. The van der Waals surface area contributed by atoms with Crippen LogP contribution in [0.5, 0.6) is 17.4 Å². The minimum absolute atomic E-state index is 0.0215. The summed E-state index contributed by atoms with van der Waals surface area (Å²) < 4.78 is 51.8. The second-order valence-corrected chi connectivity index (χ2v) is 6.33. The van der Waals surface area contributed by atoms with Gasteiger partial charge in [0, 0.05) is 15.8 Å². The molecule has 0 amide bonds. The summed E-state index contributed by atoms with van der Waals surface area (Å²) >= 11 is 1.63. The Morgan fingerprint density at radius 3 is 2.42 bits per heavy atom. The van der Waals surface area contributed by atoms with E-state index in [9.17, 15) is 13.2 Å². The van der Waals surface area contributed by atoms with E-state index in [1.165, 1.54) is 30.7 Å². The maximum absolute atomic E-state index is 13.6. The molecule has 0 saturated carbocycles. The van der Waals surface area contributed by atoms with E-state index in [1.807, 2.05) is 6.07 Å². The first-order chi connectivity index (χ1) is 12.4. The molecule has 8 heteroatoms. The van der Waals surface area contributed by atoms with Crippen molar-refractivity contribution >= 4 is 22.6 Å². The third-order valence-corrected chi connectivity index (χ3v) is 4.25. The van der Waals surface area contributed by atoms with Gasteiger partial charge in [0.05, 0.1) is 0 Å². The first-order valence-corrected chi connectivity index (χ1v) is 8.53. The smallest absolute Gasteiger partial charge is 0.421 e. The largest absolute Gasteiger partial charge is 0.484 e. The van der Waals surface area contributed by atoms with Crippen molar-refractivity contribution in [2.24, 2.45) is 0 Å². The minimum Gasteiger partial charge on any atom is -0.484 e. The van der Waals surface area contributed by atoms with Crippen LogP contribution < -0.4 is 9.47 Å². The van der Waals surface area contributed by atoms with Gasteiger partial charge in [-0.25, -0.2) is 9.97 Å². The molecular formula is C18H12F3IN2O2. The number of ether oxygens (including phenoxy) is 2. The van der Waals surface area contributed by atoms with E-state index in [2.05, 4.69) is 9.97 Å². The Hall–Kier alpha value is -2.36. The van der Waals surface area contributed by atoms with E-state index in [0.29, 0.717) is 0 Å². The van der Waals surface area contributed by atoms with E-state index in [0.717, 1.165) is 5.56 Å². The maximum atomic E-state index is 13.6. The van der Waals surface area contributed by atoms with Crippen molar-refractivity contribution in [2.45, 2.75) is 12.8 Å². The van der Waals surface area contributed by atoms with Crippen LogP contribution >= 0.6 is 22.6 Å². The van der Waals surface area contributed by atoms with Gasteiger partial charge >= 0.3 is 6.18 Å². The molecule has 0 aliphatic carbocycles. The molecule has 3 aromatic rings. The summed E-state index contributed by atoms with van der Waals surface area (Å²) in [5.74, 6) is -0.307. The Bertz CT molecular complexity index is 875. The summed E-state index contributed by atoms with van der Waals surface area (Å²) in [5, 5.41) is 0. The van der Waals surface area contributed by atoms with Gasteiger partial charge in [-0.1, -0.05) is 30.3 Å². The number of nitrogens with zero attached hydrogens (tertiary/aromatic N) is 2. The van der Waals surface area contributed by atoms with Gasteiger partial charge in [0.25, 0.3) is 0 Å². The number of aromatic nitrogens is 2. The Labute approximate surface area is 161 Å². The molecule has 1 heterocycles. The highest BCUT2D eigenvalue weighted by Gasteiger charge is 2.38. The van der Waals surface area contributed by atoms with Gasteiger partial charge in [-0.2, -0.15) is 13.2 Å². The topological polar surface area (TPSA) is 44.2 Å². The molecular weight excluding hydrogens is 460 g/mol. The monoisotopic (exact) mass is 472 g/mol. The van der Waals surface area contributed by atoms with Gasteiger partial charge in [0.15, 0.2) is 11.5 Å². The van der Waals surface area contributed by atoms with Crippen LogP contribution in [0.25, 0.3) is 0 Å². The normalized spacial score (nSPS) is 11.2. The number of hydrogen-bond acceptors (Lipinski definition) is 4. The zero-order chi connectivity index (χ0) is 18.6. The van der Waals surface area contributed by atoms with E-state index in [4.69, 9.17) is 9.47 Å². The average molecular weight is 472 g/mol. The highest BCUT2D eigenvalue weighted by atomic mass is 127. The third-order valence-electron chi connectivity index (χ3n) is 3.35. The Balaban J connectivity index is 2.00. The molecule has 4 nitrogen and oxygen atoms in total. The number of hydrogen-bond donors (Lipinski definition) is 0. The molecule has 0 unspecified atom stereocenters. The zero-order valence-corrected chi connectivity index (χ0v) is 15.4. The molecule has 2 aromatic carbocycles. The predicted molar refractivity (Wildman–Crippen MR) is 97.0 cm³/mol. The molecule has 0 aliphatic heterocycles. The van der Waals surface area contributed by atoms with Crippen LogP contribution in [-0.2, 0) is 12.8 Å². The molecule has 1 aromatic heterocycles. The summed E-state index contributed by atoms with van der Waals surface area (Å²) in [7, 11) is 0. The van der Waals surface area contributed by atoms with Gasteiger partial charge in [-0.05, 0) is 40.3 Å². The van der Waals surface area contributed by atoms with Crippen molar-refractivity contribution < 1.29 is 22.6 Å². The van der Waals surface area contributed by atoms with Crippen LogP contribution in [0.2, 0.25) is 0 Å². The Morgan fingerprint density at radius 1 is 1.00 bits per heavy atom. The van der Waals surface area contributed by atoms with Crippen molar-refractivity contribution in [3.63, 3.8) is 0 Å². The van der Waals surface area contributed by atoms with Crippen LogP contribution in [-0.4, -0.2) is 9.97 Å². The summed E-state index contributed by atoms with van der Waals surface area (Å²) in [6, 6.07) is 13.1. The molecule has 134 valence electrons. The van der Waals surface area contributed by atoms with Crippen LogP contribution in [0.1, 0.15) is 11.1 Å². The van der Waals surface area contributed by atoms with E-state index < -0.39 is 11.7 Å². The lowest BCUT2D eigenvalue weighted by Crippen LogP contribution is -2.12. The number of rotatable bonds is 5. The fourth-order valence-corrected chi connectivity index (χ4v) is 2.94. The highest BCUT2D eigenvalue weighted by molar-refractivity contribution is 14.1. The fraction of sp³-hybridized carbons (Fsp3) is 0.111. The van der Waals surface area contributed by atoms with Gasteiger partial charge < -0.3 is 9.47 Å². The molecule has 0 bridgehead atoms. The molecule has 0 N–H and O–H groups in total. The molecule has 0 radical (unpaired) electrons. The Kier molecular flexibility index (Phi) is 5.60. The van der Waals surface area contributed by atoms with Gasteiger partial charge in [0.1, 0.15) is 18.5 Å². The second-order valence-electron chi connectivity index (χ2n) is 5.17. The SMILES string of the molecule is FC(F)(F)c1c(I)ccc(Oc2ccncn2)c1OCc1ccccc1. The molecule has 0 aliphatic rings. The van der Waals surface area contributed by atoms with Crippen LogP contribution in [0.15, 0.2) is 61.1 Å². The van der Waals surface area contributed by atoms with E-state index >= 15 is 0 Å². The standard InChI is InChI=1S/C18H12F3IN2O2/c19-18(20,21)16-13(22)6-7-14(26-15-8-9-23-11-24-15)17(16)25-10-12-4-2-1-3-5-12/h1-9,11H,10H2. The molecule has 0 spiro atoms. The van der Waals surface area contributed by atoms with Gasteiger partial charge in [-0.15, -0.1) is 0 Å². The quantitative estimate of drug-likeness (QED) is 0.462. The minimum atomic E-state index is -4.59. The number of halogens is 4. The maximum Gasteiger partial charge on any atom is 0.421 e. The van der Waals surface area contributed by atoms with Gasteiger partial charge in [0.2, 0.25) is 5.88 Å². The summed E-state index contributed by atoms with van der Waals surface area (Å²) in [6.45, 7) is -0.0237. The lowest BCUT2D eigenvalue weighted by Gasteiger charge is -2.19. The lowest BCUT2D eigenvalue weighted by molar-refractivity contribution is -0.139. The Morgan fingerprint density at radius 2 is 1.77 bits per heavy atom. The summed E-state index contributed by atoms with van der Waals surface area (Å²) in [5.41, 5.74) is -0.131. The number of benzene rings is 2. The zero-order valence-electron chi connectivity index (χ0n) is 13.2. The van der Waals surface area contributed by atoms with Crippen molar-refractivity contribution in [1.82, 2.24) is 9.97 Å². The second kappa shape index (κ2) is 7.90. The molecule has 0 fully saturated rings. The fourth-order valence-electron chi connectivity index (χ4n) is 2.21. The highest BCUT2D eigenvalue weighted by Crippen LogP contribution is 2.45. The van der Waals surface area contributed by atoms with Crippen molar-refractivity contribution in [1.29, 1.82) is 0 Å². The van der Waals surface area contributed by atoms with E-state index in [-0.39, 0.29) is 27.6 Å². The van der Waals surface area contributed by atoms with Crippen molar-refractivity contribution in [3.05, 3.63) is 75.8 Å². The third kappa shape index (κ3) is 4.43. The number of alkyl halides is 3. The molecule has 0 saturated heterocycles. The molecule has 0 atom stereocenters. The predicted octanol–water partition coefficient (Wildman–Crippen LogP) is 5.47. The van der Waals surface area contributed by atoms with Crippen LogP contribution in [0.3, 0.4) is 0 Å². The lowest BCUT2D eigenvalue weighted by atomic mass is 10.1. The van der Waals surface area contributed by atoms with Gasteiger partial charge in [-0.3, -0.25) is 0 Å². The van der Waals surface area contributed by atoms with Crippen molar-refractivity contribution in [3.8, 4) is 17.4 Å².